The number of morpholine rings is 1. The van der Waals surface area contributed by atoms with Gasteiger partial charge in [0.2, 0.25) is 5.91 Å². The maximum Gasteiger partial charge on any atom is 0.294 e. The summed E-state index contributed by atoms with van der Waals surface area (Å²) in [7, 11) is 0. The maximum absolute atomic E-state index is 12.8. The van der Waals surface area contributed by atoms with Crippen LogP contribution in [-0.2, 0) is 14.3 Å². The highest BCUT2D eigenvalue weighted by Crippen LogP contribution is 2.33. The number of thioether (sulfide) groups is 1. The van der Waals surface area contributed by atoms with Crippen LogP contribution in [0.3, 0.4) is 0 Å². The summed E-state index contributed by atoms with van der Waals surface area (Å²) in [5.74, 6) is -0.653. The molecule has 0 aliphatic carbocycles. The van der Waals surface area contributed by atoms with Crippen molar-refractivity contribution in [2.24, 2.45) is 0 Å². The summed E-state index contributed by atoms with van der Waals surface area (Å²) in [6.45, 7) is 5.68. The smallest absolute Gasteiger partial charge is 0.294 e. The fourth-order valence-corrected chi connectivity index (χ4v) is 4.56. The molecular formula is C22H23N3O4S. The third-order valence-corrected chi connectivity index (χ3v) is 6.21. The third-order valence-electron chi connectivity index (χ3n) is 5.30. The summed E-state index contributed by atoms with van der Waals surface area (Å²) in [6, 6.07) is 12.0. The van der Waals surface area contributed by atoms with Crippen LogP contribution in [-0.4, -0.2) is 64.3 Å². The second-order valence-corrected chi connectivity index (χ2v) is 8.25. The molecule has 0 atom stereocenters. The van der Waals surface area contributed by atoms with E-state index in [1.807, 2.05) is 50.2 Å². The average Bonchev–Trinajstić information content (AvgIpc) is 3.18. The van der Waals surface area contributed by atoms with E-state index >= 15 is 0 Å². The lowest BCUT2D eigenvalue weighted by molar-refractivity contribution is -0.139. The lowest BCUT2D eigenvalue weighted by Gasteiger charge is -2.28. The number of carbonyl (C=O) groups excluding carboxylic acids is 3. The summed E-state index contributed by atoms with van der Waals surface area (Å²) in [4.78, 5) is 40.7. The van der Waals surface area contributed by atoms with Crippen molar-refractivity contribution in [2.45, 2.75) is 13.8 Å². The van der Waals surface area contributed by atoms with Crippen LogP contribution < -0.4 is 0 Å². The van der Waals surface area contributed by atoms with Gasteiger partial charge in [-0.3, -0.25) is 19.3 Å². The zero-order valence-electron chi connectivity index (χ0n) is 17.0. The Labute approximate surface area is 179 Å². The molecule has 0 saturated carbocycles. The molecule has 2 fully saturated rings. The summed E-state index contributed by atoms with van der Waals surface area (Å²) >= 11 is 0.879. The van der Waals surface area contributed by atoms with E-state index in [2.05, 4.69) is 4.57 Å². The van der Waals surface area contributed by atoms with Crippen LogP contribution in [0.15, 0.2) is 41.3 Å². The molecule has 3 amide bonds. The highest BCUT2D eigenvalue weighted by molar-refractivity contribution is 8.18. The highest BCUT2D eigenvalue weighted by Gasteiger charge is 2.37. The monoisotopic (exact) mass is 425 g/mol. The molecule has 0 unspecified atom stereocenters. The lowest BCUT2D eigenvalue weighted by atomic mass is 10.2. The first-order valence-corrected chi connectivity index (χ1v) is 10.6. The number of ether oxygens (including phenoxy) is 1. The first kappa shape index (κ1) is 20.4. The van der Waals surface area contributed by atoms with Gasteiger partial charge in [-0.1, -0.05) is 18.2 Å². The number of amides is 3. The zero-order valence-corrected chi connectivity index (χ0v) is 17.8. The molecule has 2 aromatic rings. The Morgan fingerprint density at radius 2 is 1.83 bits per heavy atom. The summed E-state index contributed by atoms with van der Waals surface area (Å²) < 4.78 is 7.35. The predicted octanol–water partition coefficient (Wildman–Crippen LogP) is 2.99. The maximum atomic E-state index is 12.8. The molecule has 2 saturated heterocycles. The number of hydrogen-bond donors (Lipinski definition) is 0. The van der Waals surface area contributed by atoms with E-state index in [-0.39, 0.29) is 12.5 Å². The van der Waals surface area contributed by atoms with Gasteiger partial charge in [-0.05, 0) is 55.4 Å². The minimum absolute atomic E-state index is 0.231. The van der Waals surface area contributed by atoms with E-state index in [0.717, 1.165) is 39.3 Å². The van der Waals surface area contributed by atoms with Crippen LogP contribution in [0.4, 0.5) is 4.79 Å². The van der Waals surface area contributed by atoms with E-state index in [0.29, 0.717) is 31.2 Å². The van der Waals surface area contributed by atoms with E-state index in [4.69, 9.17) is 4.74 Å². The Morgan fingerprint density at radius 3 is 2.53 bits per heavy atom. The number of benzene rings is 1. The molecule has 2 aliphatic rings. The quantitative estimate of drug-likeness (QED) is 0.705. The molecule has 4 rings (SSSR count). The zero-order chi connectivity index (χ0) is 21.3. The highest BCUT2D eigenvalue weighted by atomic mass is 32.2. The van der Waals surface area contributed by atoms with E-state index in [1.165, 1.54) is 0 Å². The Hall–Kier alpha value is -2.84. The molecule has 3 heterocycles. The Kier molecular flexibility index (Phi) is 5.78. The van der Waals surface area contributed by atoms with Crippen LogP contribution in [0, 0.1) is 13.8 Å². The van der Waals surface area contributed by atoms with Crippen LogP contribution in [0.5, 0.6) is 0 Å². The van der Waals surface area contributed by atoms with E-state index in [9.17, 15) is 14.4 Å². The first-order chi connectivity index (χ1) is 14.5. The van der Waals surface area contributed by atoms with Gasteiger partial charge in [0.25, 0.3) is 11.1 Å². The molecule has 7 nitrogen and oxygen atoms in total. The third kappa shape index (κ3) is 3.93. The van der Waals surface area contributed by atoms with Gasteiger partial charge in [-0.25, -0.2) is 0 Å². The summed E-state index contributed by atoms with van der Waals surface area (Å²) in [5.41, 5.74) is 3.93. The molecule has 156 valence electrons. The molecule has 1 aromatic carbocycles. The Morgan fingerprint density at radius 1 is 1.13 bits per heavy atom. The van der Waals surface area contributed by atoms with Gasteiger partial charge in [0.1, 0.15) is 6.54 Å². The van der Waals surface area contributed by atoms with Gasteiger partial charge in [0.05, 0.1) is 18.1 Å². The molecule has 30 heavy (non-hydrogen) atoms. The average molecular weight is 426 g/mol. The van der Waals surface area contributed by atoms with Crippen molar-refractivity contribution in [1.82, 2.24) is 14.4 Å². The van der Waals surface area contributed by atoms with Gasteiger partial charge in [-0.2, -0.15) is 0 Å². The SMILES string of the molecule is Cc1cc(/C=C2/SC(=O)N(CC(=O)N3CCOCC3)C2=O)c(C)n1-c1ccccc1. The number of rotatable bonds is 4. The molecule has 0 N–H and O–H groups in total. The van der Waals surface area contributed by atoms with Gasteiger partial charge < -0.3 is 14.2 Å². The van der Waals surface area contributed by atoms with Gasteiger partial charge >= 0.3 is 0 Å². The Bertz CT molecular complexity index is 1020. The fraction of sp³-hybridized carbons (Fsp3) is 0.318. The number of imide groups is 1. The number of hydrogen-bond acceptors (Lipinski definition) is 5. The minimum atomic E-state index is -0.420. The van der Waals surface area contributed by atoms with Crippen LogP contribution in [0.2, 0.25) is 0 Å². The van der Waals surface area contributed by atoms with Crippen molar-refractivity contribution < 1.29 is 19.1 Å². The van der Waals surface area contributed by atoms with E-state index < -0.39 is 11.1 Å². The second kappa shape index (κ2) is 8.49. The standard InChI is InChI=1S/C22H23N3O4S/c1-15-12-17(16(2)25(15)18-6-4-3-5-7-18)13-19-21(27)24(22(28)30-19)14-20(26)23-8-10-29-11-9-23/h3-7,12-13H,8-11,14H2,1-2H3/b19-13+. The van der Waals surface area contributed by atoms with Crippen molar-refractivity contribution >= 4 is 34.9 Å². The van der Waals surface area contributed by atoms with Gasteiger partial charge in [-0.15, -0.1) is 0 Å². The van der Waals surface area contributed by atoms with Gasteiger partial charge in [0, 0.05) is 30.2 Å². The molecule has 0 bridgehead atoms. The van der Waals surface area contributed by atoms with Crippen LogP contribution >= 0.6 is 11.8 Å². The molecular weight excluding hydrogens is 402 g/mol. The normalized spacial score (nSPS) is 18.5. The minimum Gasteiger partial charge on any atom is -0.378 e. The van der Waals surface area contributed by atoms with Crippen molar-refractivity contribution in [3.63, 3.8) is 0 Å². The summed E-state index contributed by atoms with van der Waals surface area (Å²) in [6.07, 6.45) is 1.74. The second-order valence-electron chi connectivity index (χ2n) is 7.26. The molecule has 1 aromatic heterocycles. The van der Waals surface area contributed by atoms with Crippen molar-refractivity contribution in [3.8, 4) is 5.69 Å². The fourth-order valence-electron chi connectivity index (χ4n) is 3.73. The lowest BCUT2D eigenvalue weighted by Crippen LogP contribution is -2.46. The first-order valence-electron chi connectivity index (χ1n) is 9.81. The number of aromatic nitrogens is 1. The van der Waals surface area contributed by atoms with Crippen molar-refractivity contribution in [1.29, 1.82) is 0 Å². The van der Waals surface area contributed by atoms with Crippen LogP contribution in [0.25, 0.3) is 11.8 Å². The Balaban J connectivity index is 1.54. The van der Waals surface area contributed by atoms with Gasteiger partial charge in [0.15, 0.2) is 0 Å². The van der Waals surface area contributed by atoms with Crippen molar-refractivity contribution in [3.05, 3.63) is 58.3 Å². The van der Waals surface area contributed by atoms with Crippen molar-refractivity contribution in [2.75, 3.05) is 32.8 Å². The molecule has 8 heteroatoms. The summed E-state index contributed by atoms with van der Waals surface area (Å²) in [5, 5.41) is -0.412. The topological polar surface area (TPSA) is 71.9 Å². The van der Waals surface area contributed by atoms with Crippen LogP contribution in [0.1, 0.15) is 17.0 Å². The number of aryl methyl sites for hydroxylation is 1. The largest absolute Gasteiger partial charge is 0.378 e. The molecule has 0 spiro atoms. The molecule has 2 aliphatic heterocycles. The predicted molar refractivity (Wildman–Crippen MR) is 115 cm³/mol. The number of nitrogens with zero attached hydrogens (tertiary/aromatic N) is 3. The number of carbonyl (C=O) groups is 3. The van der Waals surface area contributed by atoms with E-state index in [1.54, 1.807) is 11.0 Å². The number of para-hydroxylation sites is 1. The molecule has 0 radical (unpaired) electrons.